The van der Waals surface area contributed by atoms with Crippen molar-refractivity contribution in [3.8, 4) is 11.5 Å². The van der Waals surface area contributed by atoms with Gasteiger partial charge in [0.25, 0.3) is 0 Å². The first-order valence-electron chi connectivity index (χ1n) is 5.15. The number of rotatable bonds is 3. The maximum absolute atomic E-state index is 5.86. The van der Waals surface area contributed by atoms with Gasteiger partial charge in [-0.2, -0.15) is 0 Å². The quantitative estimate of drug-likeness (QED) is 0.822. The lowest BCUT2D eigenvalue weighted by Gasteiger charge is -2.12. The first-order valence-corrected chi connectivity index (χ1v) is 5.15. The Morgan fingerprint density at radius 1 is 1.20 bits per heavy atom. The number of methoxy groups -OCH3 is 2. The van der Waals surface area contributed by atoms with Crippen molar-refractivity contribution in [2.24, 2.45) is 5.73 Å². The SMILES string of the molecule is COc1cc(C)c(C2CC2N)cc1OC. The molecule has 2 rings (SSSR count). The normalized spacial score (nSPS) is 23.7. The van der Waals surface area contributed by atoms with Crippen LogP contribution in [0.3, 0.4) is 0 Å². The zero-order valence-electron chi connectivity index (χ0n) is 9.41. The third-order valence-corrected chi connectivity index (χ3v) is 3.01. The molecule has 3 heteroatoms. The van der Waals surface area contributed by atoms with Crippen molar-refractivity contribution in [3.63, 3.8) is 0 Å². The van der Waals surface area contributed by atoms with Crippen LogP contribution < -0.4 is 15.2 Å². The lowest BCUT2D eigenvalue weighted by Crippen LogP contribution is -2.03. The van der Waals surface area contributed by atoms with E-state index in [2.05, 4.69) is 6.92 Å². The van der Waals surface area contributed by atoms with Gasteiger partial charge in [0, 0.05) is 12.0 Å². The lowest BCUT2D eigenvalue weighted by atomic mass is 10.0. The van der Waals surface area contributed by atoms with E-state index in [9.17, 15) is 0 Å². The highest BCUT2D eigenvalue weighted by molar-refractivity contribution is 5.49. The molecule has 2 atom stereocenters. The minimum absolute atomic E-state index is 0.321. The van der Waals surface area contributed by atoms with Gasteiger partial charge in [0.05, 0.1) is 14.2 Å². The van der Waals surface area contributed by atoms with Crippen LogP contribution in [0.4, 0.5) is 0 Å². The Hall–Kier alpha value is -1.22. The summed E-state index contributed by atoms with van der Waals surface area (Å²) in [5.74, 6) is 2.08. The molecule has 2 unspecified atom stereocenters. The average Bonchev–Trinajstić information content (AvgIpc) is 2.94. The van der Waals surface area contributed by atoms with Crippen molar-refractivity contribution in [2.75, 3.05) is 14.2 Å². The third-order valence-electron chi connectivity index (χ3n) is 3.01. The highest BCUT2D eigenvalue weighted by Crippen LogP contribution is 2.43. The molecule has 0 spiro atoms. The maximum atomic E-state index is 5.86. The fourth-order valence-corrected chi connectivity index (χ4v) is 1.97. The van der Waals surface area contributed by atoms with E-state index in [4.69, 9.17) is 15.2 Å². The molecule has 82 valence electrons. The summed E-state index contributed by atoms with van der Waals surface area (Å²) in [4.78, 5) is 0. The van der Waals surface area contributed by atoms with Crippen molar-refractivity contribution in [1.29, 1.82) is 0 Å². The largest absolute Gasteiger partial charge is 0.493 e. The van der Waals surface area contributed by atoms with E-state index in [0.29, 0.717) is 12.0 Å². The molecule has 1 aliphatic carbocycles. The number of aryl methyl sites for hydroxylation is 1. The molecule has 0 radical (unpaired) electrons. The van der Waals surface area contributed by atoms with Crippen LogP contribution in [0.1, 0.15) is 23.5 Å². The van der Waals surface area contributed by atoms with Gasteiger partial charge < -0.3 is 15.2 Å². The van der Waals surface area contributed by atoms with E-state index in [0.717, 1.165) is 17.9 Å². The van der Waals surface area contributed by atoms with Gasteiger partial charge in [0.15, 0.2) is 11.5 Å². The Kier molecular flexibility index (Phi) is 2.57. The summed E-state index contributed by atoms with van der Waals surface area (Å²) in [5.41, 5.74) is 8.38. The van der Waals surface area contributed by atoms with Crippen molar-refractivity contribution in [3.05, 3.63) is 23.3 Å². The molecule has 1 saturated carbocycles. The van der Waals surface area contributed by atoms with E-state index in [-0.39, 0.29) is 0 Å². The van der Waals surface area contributed by atoms with Gasteiger partial charge in [-0.25, -0.2) is 0 Å². The zero-order chi connectivity index (χ0) is 11.0. The van der Waals surface area contributed by atoms with Crippen LogP contribution in [0.25, 0.3) is 0 Å². The smallest absolute Gasteiger partial charge is 0.161 e. The molecular weight excluding hydrogens is 190 g/mol. The van der Waals surface area contributed by atoms with Crippen molar-refractivity contribution >= 4 is 0 Å². The molecule has 1 aliphatic rings. The van der Waals surface area contributed by atoms with Gasteiger partial charge in [-0.15, -0.1) is 0 Å². The van der Waals surface area contributed by atoms with Crippen LogP contribution in [-0.4, -0.2) is 20.3 Å². The summed E-state index contributed by atoms with van der Waals surface area (Å²) in [6, 6.07) is 4.38. The highest BCUT2D eigenvalue weighted by atomic mass is 16.5. The highest BCUT2D eigenvalue weighted by Gasteiger charge is 2.36. The molecule has 0 aliphatic heterocycles. The van der Waals surface area contributed by atoms with Crippen LogP contribution in [0.15, 0.2) is 12.1 Å². The summed E-state index contributed by atoms with van der Waals surface area (Å²) in [7, 11) is 3.31. The van der Waals surface area contributed by atoms with Crippen molar-refractivity contribution in [2.45, 2.75) is 25.3 Å². The van der Waals surface area contributed by atoms with Gasteiger partial charge in [0.1, 0.15) is 0 Å². The topological polar surface area (TPSA) is 44.5 Å². The van der Waals surface area contributed by atoms with Gasteiger partial charge in [-0.1, -0.05) is 0 Å². The van der Waals surface area contributed by atoms with Crippen LogP contribution in [-0.2, 0) is 0 Å². The number of hydrogen-bond acceptors (Lipinski definition) is 3. The summed E-state index contributed by atoms with van der Waals surface area (Å²) in [5, 5.41) is 0. The monoisotopic (exact) mass is 207 g/mol. The van der Waals surface area contributed by atoms with E-state index in [1.807, 2.05) is 12.1 Å². The van der Waals surface area contributed by atoms with Crippen molar-refractivity contribution < 1.29 is 9.47 Å². The molecule has 2 N–H and O–H groups in total. The Morgan fingerprint density at radius 3 is 2.20 bits per heavy atom. The summed E-state index contributed by atoms with van der Waals surface area (Å²) in [6.45, 7) is 2.09. The molecule has 0 saturated heterocycles. The molecule has 1 aromatic rings. The molecule has 15 heavy (non-hydrogen) atoms. The predicted molar refractivity (Wildman–Crippen MR) is 59.6 cm³/mol. The van der Waals surface area contributed by atoms with Gasteiger partial charge in [0.2, 0.25) is 0 Å². The van der Waals surface area contributed by atoms with E-state index in [1.54, 1.807) is 14.2 Å². The predicted octanol–water partition coefficient (Wildman–Crippen LogP) is 1.83. The first-order chi connectivity index (χ1) is 7.17. The van der Waals surface area contributed by atoms with Crippen LogP contribution >= 0.6 is 0 Å². The third kappa shape index (κ3) is 1.79. The maximum Gasteiger partial charge on any atom is 0.161 e. The second-order valence-corrected chi connectivity index (χ2v) is 4.07. The molecule has 1 aromatic carbocycles. The second kappa shape index (κ2) is 3.74. The summed E-state index contributed by atoms with van der Waals surface area (Å²) in [6.07, 6.45) is 1.08. The minimum atomic E-state index is 0.321. The average molecular weight is 207 g/mol. The number of benzene rings is 1. The number of ether oxygens (including phenoxy) is 2. The van der Waals surface area contributed by atoms with Gasteiger partial charge >= 0.3 is 0 Å². The second-order valence-electron chi connectivity index (χ2n) is 4.07. The first kappa shape index (κ1) is 10.3. The standard InChI is InChI=1S/C12H17NO2/c1-7-4-11(14-2)12(15-3)6-8(7)9-5-10(9)13/h4,6,9-10H,5,13H2,1-3H3. The van der Waals surface area contributed by atoms with E-state index in [1.165, 1.54) is 11.1 Å². The Morgan fingerprint density at radius 2 is 1.73 bits per heavy atom. The Labute approximate surface area is 90.2 Å². The molecule has 0 amide bonds. The molecule has 1 fully saturated rings. The number of nitrogens with two attached hydrogens (primary N) is 1. The molecule has 0 heterocycles. The Bertz CT molecular complexity index is 376. The lowest BCUT2D eigenvalue weighted by molar-refractivity contribution is 0.354. The van der Waals surface area contributed by atoms with E-state index < -0.39 is 0 Å². The molecule has 3 nitrogen and oxygen atoms in total. The summed E-state index contributed by atoms with van der Waals surface area (Å²) >= 11 is 0. The molecular formula is C12H17NO2. The van der Waals surface area contributed by atoms with Crippen LogP contribution in [0.2, 0.25) is 0 Å². The Balaban J connectivity index is 2.39. The fourth-order valence-electron chi connectivity index (χ4n) is 1.97. The minimum Gasteiger partial charge on any atom is -0.493 e. The van der Waals surface area contributed by atoms with E-state index >= 15 is 0 Å². The fraction of sp³-hybridized carbons (Fsp3) is 0.500. The van der Waals surface area contributed by atoms with Crippen molar-refractivity contribution in [1.82, 2.24) is 0 Å². The molecule has 0 bridgehead atoms. The number of hydrogen-bond donors (Lipinski definition) is 1. The van der Waals surface area contributed by atoms with Crippen LogP contribution in [0, 0.1) is 6.92 Å². The molecule has 0 aromatic heterocycles. The zero-order valence-corrected chi connectivity index (χ0v) is 9.41. The van der Waals surface area contributed by atoms with Gasteiger partial charge in [-0.3, -0.25) is 0 Å². The summed E-state index contributed by atoms with van der Waals surface area (Å²) < 4.78 is 10.5. The van der Waals surface area contributed by atoms with Crippen LogP contribution in [0.5, 0.6) is 11.5 Å². The van der Waals surface area contributed by atoms with Gasteiger partial charge in [-0.05, 0) is 36.6 Å².